The first-order valence-corrected chi connectivity index (χ1v) is 7.40. The highest BCUT2D eigenvalue weighted by molar-refractivity contribution is 7.09. The van der Waals surface area contributed by atoms with E-state index >= 15 is 0 Å². The molecule has 2 rings (SSSR count). The van der Waals surface area contributed by atoms with Crippen LogP contribution in [-0.4, -0.2) is 28.1 Å². The van der Waals surface area contributed by atoms with Crippen LogP contribution in [-0.2, 0) is 6.42 Å². The van der Waals surface area contributed by atoms with Crippen molar-refractivity contribution < 1.29 is 14.3 Å². The Hall–Kier alpha value is -1.79. The van der Waals surface area contributed by atoms with Crippen molar-refractivity contribution in [2.75, 3.05) is 6.61 Å². The highest BCUT2D eigenvalue weighted by atomic mass is 32.1. The first-order valence-electron chi connectivity index (χ1n) is 6.52. The van der Waals surface area contributed by atoms with Gasteiger partial charge in [-0.25, -0.2) is 9.37 Å². The van der Waals surface area contributed by atoms with Gasteiger partial charge in [-0.3, -0.25) is 4.79 Å². The van der Waals surface area contributed by atoms with Crippen molar-refractivity contribution in [3.8, 4) is 0 Å². The number of benzene rings is 1. The largest absolute Gasteiger partial charge is 0.394 e. The highest BCUT2D eigenvalue weighted by Crippen LogP contribution is 2.16. The summed E-state index contributed by atoms with van der Waals surface area (Å²) in [6.07, 6.45) is 0.485. The molecule has 21 heavy (non-hydrogen) atoms. The van der Waals surface area contributed by atoms with Crippen LogP contribution in [0.3, 0.4) is 0 Å². The van der Waals surface area contributed by atoms with Gasteiger partial charge in [0.15, 0.2) is 0 Å². The van der Waals surface area contributed by atoms with Crippen LogP contribution in [0.4, 0.5) is 4.39 Å². The van der Waals surface area contributed by atoms with Crippen LogP contribution in [0, 0.1) is 5.82 Å². The molecule has 1 aromatic heterocycles. The summed E-state index contributed by atoms with van der Waals surface area (Å²) in [6.45, 7) is 3.30. The molecule has 112 valence electrons. The van der Waals surface area contributed by atoms with E-state index in [9.17, 15) is 9.18 Å². The van der Waals surface area contributed by atoms with Gasteiger partial charge in [0, 0.05) is 11.8 Å². The third kappa shape index (κ3) is 4.34. The Morgan fingerprint density at radius 3 is 2.90 bits per heavy atom. The molecule has 0 radical (unpaired) electrons. The number of aromatic nitrogens is 1. The zero-order chi connectivity index (χ0) is 15.5. The average Bonchev–Trinajstić information content (AvgIpc) is 2.87. The third-order valence-electron chi connectivity index (χ3n) is 2.88. The van der Waals surface area contributed by atoms with E-state index in [1.807, 2.05) is 6.07 Å². The standard InChI is InChI=1S/C15H17FN2O2S/c1-15(2,9-19)18-14(20)12-8-21-13(17-12)7-10-4-3-5-11(16)6-10/h3-6,8,19H,7,9H2,1-2H3,(H,18,20). The molecule has 6 heteroatoms. The summed E-state index contributed by atoms with van der Waals surface area (Å²) in [4.78, 5) is 16.3. The minimum Gasteiger partial charge on any atom is -0.394 e. The fourth-order valence-corrected chi connectivity index (χ4v) is 2.54. The predicted octanol–water partition coefficient (Wildman–Crippen LogP) is 2.37. The molecule has 0 unspecified atom stereocenters. The Morgan fingerprint density at radius 2 is 2.24 bits per heavy atom. The van der Waals surface area contributed by atoms with E-state index in [-0.39, 0.29) is 18.3 Å². The topological polar surface area (TPSA) is 62.2 Å². The summed E-state index contributed by atoms with van der Waals surface area (Å²) in [6, 6.07) is 6.31. The van der Waals surface area contributed by atoms with Gasteiger partial charge >= 0.3 is 0 Å². The van der Waals surface area contributed by atoms with E-state index in [2.05, 4.69) is 10.3 Å². The van der Waals surface area contributed by atoms with Gasteiger partial charge in [0.2, 0.25) is 0 Å². The Labute approximate surface area is 126 Å². The highest BCUT2D eigenvalue weighted by Gasteiger charge is 2.21. The number of rotatable bonds is 5. The summed E-state index contributed by atoms with van der Waals surface area (Å²) in [5.41, 5.74) is 0.434. The Bertz CT molecular complexity index is 640. The molecule has 0 aliphatic rings. The van der Waals surface area contributed by atoms with Crippen LogP contribution in [0.25, 0.3) is 0 Å². The van der Waals surface area contributed by atoms with E-state index in [1.54, 1.807) is 25.3 Å². The molecular weight excluding hydrogens is 291 g/mol. The van der Waals surface area contributed by atoms with Crippen molar-refractivity contribution in [2.45, 2.75) is 25.8 Å². The maximum absolute atomic E-state index is 13.1. The van der Waals surface area contributed by atoms with Gasteiger partial charge in [-0.15, -0.1) is 11.3 Å². The molecule has 0 saturated carbocycles. The Balaban J connectivity index is 2.06. The number of thiazole rings is 1. The number of amides is 1. The van der Waals surface area contributed by atoms with E-state index in [0.29, 0.717) is 12.1 Å². The summed E-state index contributed by atoms with van der Waals surface area (Å²) in [5.74, 6) is -0.609. The summed E-state index contributed by atoms with van der Waals surface area (Å²) < 4.78 is 13.1. The Kier molecular flexibility index (Phi) is 4.69. The Morgan fingerprint density at radius 1 is 1.48 bits per heavy atom. The molecule has 0 atom stereocenters. The first-order chi connectivity index (χ1) is 9.89. The normalized spacial score (nSPS) is 11.4. The molecule has 1 heterocycles. The van der Waals surface area contributed by atoms with E-state index in [1.165, 1.54) is 23.5 Å². The fraction of sp³-hybridized carbons (Fsp3) is 0.333. The van der Waals surface area contributed by atoms with Gasteiger partial charge in [0.25, 0.3) is 5.91 Å². The van der Waals surface area contributed by atoms with Gasteiger partial charge in [0.05, 0.1) is 17.2 Å². The molecule has 1 aromatic carbocycles. The molecule has 1 amide bonds. The SMILES string of the molecule is CC(C)(CO)NC(=O)c1csc(Cc2cccc(F)c2)n1. The summed E-state index contributed by atoms with van der Waals surface area (Å²) >= 11 is 1.36. The minimum absolute atomic E-state index is 0.154. The van der Waals surface area contributed by atoms with Crippen LogP contribution < -0.4 is 5.32 Å². The summed E-state index contributed by atoms with van der Waals surface area (Å²) in [5, 5.41) is 14.3. The van der Waals surface area contributed by atoms with E-state index in [0.717, 1.165) is 10.6 Å². The molecule has 0 fully saturated rings. The maximum atomic E-state index is 13.1. The first kappa shape index (κ1) is 15.6. The molecule has 2 N–H and O–H groups in total. The van der Waals surface area contributed by atoms with E-state index < -0.39 is 5.54 Å². The van der Waals surface area contributed by atoms with Crippen LogP contribution in [0.2, 0.25) is 0 Å². The monoisotopic (exact) mass is 308 g/mol. The lowest BCUT2D eigenvalue weighted by Crippen LogP contribution is -2.46. The number of halogens is 1. The minimum atomic E-state index is -0.691. The van der Waals surface area contributed by atoms with Crippen molar-refractivity contribution in [1.29, 1.82) is 0 Å². The molecule has 0 aliphatic heterocycles. The van der Waals surface area contributed by atoms with Crippen molar-refractivity contribution >= 4 is 17.2 Å². The zero-order valence-corrected chi connectivity index (χ0v) is 12.7. The van der Waals surface area contributed by atoms with Crippen LogP contribution in [0.15, 0.2) is 29.6 Å². The number of aliphatic hydroxyl groups excluding tert-OH is 1. The molecule has 4 nitrogen and oxygen atoms in total. The van der Waals surface area contributed by atoms with Gasteiger partial charge in [-0.2, -0.15) is 0 Å². The smallest absolute Gasteiger partial charge is 0.271 e. The maximum Gasteiger partial charge on any atom is 0.271 e. The average molecular weight is 308 g/mol. The third-order valence-corrected chi connectivity index (χ3v) is 3.72. The van der Waals surface area contributed by atoms with Gasteiger partial charge in [-0.05, 0) is 31.5 Å². The second-order valence-corrected chi connectivity index (χ2v) is 6.37. The lowest BCUT2D eigenvalue weighted by molar-refractivity contribution is 0.0865. The second-order valence-electron chi connectivity index (χ2n) is 5.43. The van der Waals surface area contributed by atoms with Crippen molar-refractivity contribution in [2.24, 2.45) is 0 Å². The predicted molar refractivity (Wildman–Crippen MR) is 80.0 cm³/mol. The number of nitrogens with zero attached hydrogens (tertiary/aromatic N) is 1. The van der Waals surface area contributed by atoms with Crippen LogP contribution in [0.1, 0.15) is 34.9 Å². The molecule has 0 spiro atoms. The number of carbonyl (C=O) groups excluding carboxylic acids is 1. The van der Waals surface area contributed by atoms with Crippen molar-refractivity contribution in [3.05, 3.63) is 51.7 Å². The fourth-order valence-electron chi connectivity index (χ4n) is 1.73. The van der Waals surface area contributed by atoms with Gasteiger partial charge < -0.3 is 10.4 Å². The number of aliphatic hydroxyl groups is 1. The van der Waals surface area contributed by atoms with Crippen LogP contribution >= 0.6 is 11.3 Å². The second kappa shape index (κ2) is 6.32. The summed E-state index contributed by atoms with van der Waals surface area (Å²) in [7, 11) is 0. The lowest BCUT2D eigenvalue weighted by Gasteiger charge is -2.22. The van der Waals surface area contributed by atoms with Crippen molar-refractivity contribution in [3.63, 3.8) is 0 Å². The number of nitrogens with one attached hydrogen (secondary N) is 1. The molecule has 0 aliphatic carbocycles. The number of hydrogen-bond acceptors (Lipinski definition) is 4. The zero-order valence-electron chi connectivity index (χ0n) is 11.9. The lowest BCUT2D eigenvalue weighted by atomic mass is 10.1. The quantitative estimate of drug-likeness (QED) is 0.891. The van der Waals surface area contributed by atoms with Crippen molar-refractivity contribution in [1.82, 2.24) is 10.3 Å². The van der Waals surface area contributed by atoms with Gasteiger partial charge in [0.1, 0.15) is 11.5 Å². The molecule has 0 saturated heterocycles. The van der Waals surface area contributed by atoms with Crippen LogP contribution in [0.5, 0.6) is 0 Å². The number of carbonyl (C=O) groups is 1. The number of hydrogen-bond donors (Lipinski definition) is 2. The van der Waals surface area contributed by atoms with E-state index in [4.69, 9.17) is 5.11 Å². The molecular formula is C15H17FN2O2S. The molecule has 2 aromatic rings. The molecule has 0 bridgehead atoms. The van der Waals surface area contributed by atoms with Gasteiger partial charge in [-0.1, -0.05) is 12.1 Å².